The van der Waals surface area contributed by atoms with Gasteiger partial charge < -0.3 is 10.6 Å². The Morgan fingerprint density at radius 2 is 1.67 bits per heavy atom. The summed E-state index contributed by atoms with van der Waals surface area (Å²) in [5, 5.41) is 9.19. The van der Waals surface area contributed by atoms with Gasteiger partial charge in [-0.3, -0.25) is 10.1 Å². The largest absolute Gasteiger partial charge is 0.340 e. The summed E-state index contributed by atoms with van der Waals surface area (Å²) in [6, 6.07) is 19.9. The summed E-state index contributed by atoms with van der Waals surface area (Å²) in [6.07, 6.45) is 1.47. The minimum absolute atomic E-state index is 0.416. The molecule has 166 valence electrons. The summed E-state index contributed by atoms with van der Waals surface area (Å²) in [6.45, 7) is 6.23. The van der Waals surface area contributed by atoms with E-state index in [0.717, 1.165) is 16.6 Å². The van der Waals surface area contributed by atoms with Crippen LogP contribution in [0.3, 0.4) is 0 Å². The smallest absolute Gasteiger partial charge is 0.326 e. The van der Waals surface area contributed by atoms with Crippen LogP contribution in [0.4, 0.5) is 22.0 Å². The lowest BCUT2D eigenvalue weighted by molar-refractivity contribution is 0.0967. The second-order valence-electron chi connectivity index (χ2n) is 8.13. The molecule has 7 nitrogen and oxygen atoms in total. The number of aryl methyl sites for hydroxylation is 1. The molecule has 3 N–H and O–H groups in total. The van der Waals surface area contributed by atoms with Crippen LogP contribution in [-0.2, 0) is 0 Å². The van der Waals surface area contributed by atoms with E-state index < -0.39 is 11.9 Å². The van der Waals surface area contributed by atoms with Gasteiger partial charge in [-0.2, -0.15) is 0 Å². The van der Waals surface area contributed by atoms with E-state index in [-0.39, 0.29) is 0 Å². The maximum absolute atomic E-state index is 12.3. The molecule has 7 heteroatoms. The third kappa shape index (κ3) is 5.33. The van der Waals surface area contributed by atoms with Gasteiger partial charge in [0, 0.05) is 22.3 Å². The van der Waals surface area contributed by atoms with Crippen molar-refractivity contribution in [1.29, 1.82) is 0 Å². The molecule has 0 spiro atoms. The van der Waals surface area contributed by atoms with Gasteiger partial charge in [-0.15, -0.1) is 0 Å². The summed E-state index contributed by atoms with van der Waals surface area (Å²) < 4.78 is 0. The van der Waals surface area contributed by atoms with E-state index in [9.17, 15) is 9.59 Å². The maximum atomic E-state index is 12.3. The highest BCUT2D eigenvalue weighted by atomic mass is 16.2. The quantitative estimate of drug-likeness (QED) is 0.367. The van der Waals surface area contributed by atoms with E-state index in [1.54, 1.807) is 24.3 Å². The van der Waals surface area contributed by atoms with Gasteiger partial charge in [-0.05, 0) is 60.9 Å². The van der Waals surface area contributed by atoms with Crippen LogP contribution < -0.4 is 16.0 Å². The Labute approximate surface area is 192 Å². The number of nitrogens with one attached hydrogen (secondary N) is 3. The summed E-state index contributed by atoms with van der Waals surface area (Å²) in [7, 11) is 0. The number of urea groups is 1. The molecule has 4 rings (SSSR count). The van der Waals surface area contributed by atoms with Crippen LogP contribution >= 0.6 is 0 Å². The molecule has 0 aliphatic carbocycles. The van der Waals surface area contributed by atoms with Gasteiger partial charge in [0.2, 0.25) is 0 Å². The van der Waals surface area contributed by atoms with Crippen molar-refractivity contribution in [3.63, 3.8) is 0 Å². The third-order valence-electron chi connectivity index (χ3n) is 5.25. The lowest BCUT2D eigenvalue weighted by atomic mass is 10.0. The molecular formula is C26H25N5O2. The number of imide groups is 1. The Morgan fingerprint density at radius 3 is 2.42 bits per heavy atom. The molecule has 0 radical (unpaired) electrons. The van der Waals surface area contributed by atoms with Crippen LogP contribution in [0, 0.1) is 6.92 Å². The van der Waals surface area contributed by atoms with Crippen molar-refractivity contribution in [3.8, 4) is 0 Å². The number of fused-ring (bicyclic) bond motifs is 1. The van der Waals surface area contributed by atoms with Crippen molar-refractivity contribution in [2.24, 2.45) is 0 Å². The molecule has 0 saturated heterocycles. The number of nitrogens with zero attached hydrogens (tertiary/aromatic N) is 2. The summed E-state index contributed by atoms with van der Waals surface area (Å²) >= 11 is 0. The number of aromatic nitrogens is 2. The SMILES string of the molecule is Cc1ccc(C(=O)NC(=O)Nc2ccc3c(Nc4cccc(C(C)C)c4)ncnc3c2)cc1. The van der Waals surface area contributed by atoms with Crippen LogP contribution in [0.25, 0.3) is 10.9 Å². The lowest BCUT2D eigenvalue weighted by Gasteiger charge is -2.12. The van der Waals surface area contributed by atoms with Crippen LogP contribution in [0.15, 0.2) is 73.1 Å². The fourth-order valence-electron chi connectivity index (χ4n) is 3.39. The fraction of sp³-hybridized carbons (Fsp3) is 0.154. The van der Waals surface area contributed by atoms with E-state index in [1.165, 1.54) is 11.9 Å². The van der Waals surface area contributed by atoms with E-state index in [2.05, 4.69) is 51.9 Å². The van der Waals surface area contributed by atoms with Gasteiger partial charge >= 0.3 is 6.03 Å². The highest BCUT2D eigenvalue weighted by Gasteiger charge is 2.12. The Bertz CT molecular complexity index is 1320. The highest BCUT2D eigenvalue weighted by Crippen LogP contribution is 2.27. The zero-order valence-corrected chi connectivity index (χ0v) is 18.7. The van der Waals surface area contributed by atoms with Crippen LogP contribution in [-0.4, -0.2) is 21.9 Å². The van der Waals surface area contributed by atoms with E-state index >= 15 is 0 Å². The van der Waals surface area contributed by atoms with Gasteiger partial charge in [-0.25, -0.2) is 14.8 Å². The van der Waals surface area contributed by atoms with Crippen molar-refractivity contribution in [1.82, 2.24) is 15.3 Å². The molecule has 0 atom stereocenters. The van der Waals surface area contributed by atoms with E-state index in [4.69, 9.17) is 0 Å². The van der Waals surface area contributed by atoms with Crippen molar-refractivity contribution >= 4 is 40.0 Å². The average Bonchev–Trinajstić information content (AvgIpc) is 2.79. The van der Waals surface area contributed by atoms with Gasteiger partial charge in [0.15, 0.2) is 0 Å². The molecule has 0 unspecified atom stereocenters. The molecule has 0 fully saturated rings. The number of anilines is 3. The monoisotopic (exact) mass is 439 g/mol. The first-order valence-corrected chi connectivity index (χ1v) is 10.7. The number of hydrogen-bond acceptors (Lipinski definition) is 5. The first-order chi connectivity index (χ1) is 15.9. The number of carbonyl (C=O) groups is 2. The second-order valence-corrected chi connectivity index (χ2v) is 8.13. The summed E-state index contributed by atoms with van der Waals surface area (Å²) in [5.41, 5.74) is 4.81. The van der Waals surface area contributed by atoms with Crippen LogP contribution in [0.2, 0.25) is 0 Å². The topological polar surface area (TPSA) is 96.0 Å². The Morgan fingerprint density at radius 1 is 0.879 bits per heavy atom. The van der Waals surface area contributed by atoms with Gasteiger partial charge in [0.25, 0.3) is 5.91 Å². The maximum Gasteiger partial charge on any atom is 0.326 e. The van der Waals surface area contributed by atoms with E-state index in [1.807, 2.05) is 37.3 Å². The first kappa shape index (κ1) is 22.0. The molecule has 0 bridgehead atoms. The second kappa shape index (κ2) is 9.48. The molecule has 0 aliphatic rings. The predicted octanol–water partition coefficient (Wildman–Crippen LogP) is 5.77. The molecule has 0 saturated carbocycles. The Kier molecular flexibility index (Phi) is 6.31. The number of hydrogen-bond donors (Lipinski definition) is 3. The van der Waals surface area contributed by atoms with Gasteiger partial charge in [-0.1, -0.05) is 43.7 Å². The standard InChI is InChI=1S/C26H25N5O2/c1-16(2)19-5-4-6-20(13-19)29-24-22-12-11-21(14-23(22)27-15-28-24)30-26(33)31-25(32)18-9-7-17(3)8-10-18/h4-16H,1-3H3,(H,27,28,29)(H2,30,31,32,33). The normalized spacial score (nSPS) is 10.8. The molecule has 4 aromatic rings. The number of carbonyl (C=O) groups excluding carboxylic acids is 2. The lowest BCUT2D eigenvalue weighted by Crippen LogP contribution is -2.34. The van der Waals surface area contributed by atoms with Crippen LogP contribution in [0.5, 0.6) is 0 Å². The predicted molar refractivity (Wildman–Crippen MR) is 131 cm³/mol. The summed E-state index contributed by atoms with van der Waals surface area (Å²) in [5.74, 6) is 0.628. The average molecular weight is 440 g/mol. The van der Waals surface area contributed by atoms with Crippen molar-refractivity contribution in [3.05, 3.63) is 89.7 Å². The minimum atomic E-state index is -0.613. The molecule has 3 aromatic carbocycles. The molecule has 33 heavy (non-hydrogen) atoms. The summed E-state index contributed by atoms with van der Waals surface area (Å²) in [4.78, 5) is 33.3. The number of rotatable bonds is 5. The van der Waals surface area contributed by atoms with Crippen molar-refractivity contribution in [2.75, 3.05) is 10.6 Å². The zero-order chi connectivity index (χ0) is 23.4. The Hall–Kier alpha value is -4.26. The Balaban J connectivity index is 1.48. The van der Waals surface area contributed by atoms with Gasteiger partial charge in [0.1, 0.15) is 12.1 Å². The minimum Gasteiger partial charge on any atom is -0.340 e. The molecular weight excluding hydrogens is 414 g/mol. The van der Waals surface area contributed by atoms with E-state index in [0.29, 0.717) is 28.5 Å². The van der Waals surface area contributed by atoms with Crippen molar-refractivity contribution in [2.45, 2.75) is 26.7 Å². The molecule has 3 amide bonds. The third-order valence-corrected chi connectivity index (χ3v) is 5.25. The van der Waals surface area contributed by atoms with Gasteiger partial charge in [0.05, 0.1) is 5.52 Å². The number of amides is 3. The molecule has 1 aromatic heterocycles. The molecule has 0 aliphatic heterocycles. The number of benzene rings is 3. The zero-order valence-electron chi connectivity index (χ0n) is 18.7. The fourth-order valence-corrected chi connectivity index (χ4v) is 3.39. The first-order valence-electron chi connectivity index (χ1n) is 10.7. The highest BCUT2D eigenvalue weighted by molar-refractivity contribution is 6.08. The molecule has 1 heterocycles. The van der Waals surface area contributed by atoms with Crippen molar-refractivity contribution < 1.29 is 9.59 Å². The van der Waals surface area contributed by atoms with Crippen LogP contribution in [0.1, 0.15) is 41.3 Å².